The van der Waals surface area contributed by atoms with Crippen LogP contribution in [0, 0.1) is 10.1 Å². The molecular formula is C13H17N5O3. The van der Waals surface area contributed by atoms with Gasteiger partial charge in [0.15, 0.2) is 11.6 Å². The minimum Gasteiger partial charge on any atom is -0.487 e. The molecule has 0 saturated heterocycles. The molecule has 0 fully saturated rings. The molecule has 1 aromatic carbocycles. The van der Waals surface area contributed by atoms with Crippen LogP contribution in [-0.2, 0) is 7.05 Å². The molecule has 1 heterocycles. The van der Waals surface area contributed by atoms with Gasteiger partial charge in [-0.15, -0.1) is 10.2 Å². The number of aromatic nitrogens is 3. The summed E-state index contributed by atoms with van der Waals surface area (Å²) >= 11 is 0. The summed E-state index contributed by atoms with van der Waals surface area (Å²) < 4.78 is 7.08. The van der Waals surface area contributed by atoms with E-state index in [1.54, 1.807) is 36.0 Å². The standard InChI is InChI=1S/C13H17N5O3/c1-4-21-11-7-5-6-10(12(11)18(19)20)15-9(2)13-16-14-8-17(13)3/h5-9,15H,4H2,1-3H3. The average molecular weight is 291 g/mol. The monoisotopic (exact) mass is 291 g/mol. The fraction of sp³-hybridized carbons (Fsp3) is 0.385. The SMILES string of the molecule is CCOc1cccc(NC(C)c2nncn2C)c1[N+](=O)[O-]. The van der Waals surface area contributed by atoms with Crippen molar-refractivity contribution >= 4 is 11.4 Å². The zero-order valence-electron chi connectivity index (χ0n) is 12.1. The van der Waals surface area contributed by atoms with Crippen molar-refractivity contribution in [3.8, 4) is 5.75 Å². The summed E-state index contributed by atoms with van der Waals surface area (Å²) in [6, 6.07) is 4.71. The average Bonchev–Trinajstić information content (AvgIpc) is 2.85. The van der Waals surface area contributed by atoms with Crippen molar-refractivity contribution in [1.82, 2.24) is 14.8 Å². The number of hydrogen-bond acceptors (Lipinski definition) is 6. The lowest BCUT2D eigenvalue weighted by Crippen LogP contribution is -2.13. The van der Waals surface area contributed by atoms with Crippen molar-refractivity contribution < 1.29 is 9.66 Å². The van der Waals surface area contributed by atoms with E-state index in [0.717, 1.165) is 0 Å². The predicted octanol–water partition coefficient (Wildman–Crippen LogP) is 2.30. The van der Waals surface area contributed by atoms with Gasteiger partial charge in [-0.3, -0.25) is 10.1 Å². The second-order valence-corrected chi connectivity index (χ2v) is 4.51. The van der Waals surface area contributed by atoms with Gasteiger partial charge in [-0.05, 0) is 26.0 Å². The van der Waals surface area contributed by atoms with E-state index in [4.69, 9.17) is 4.74 Å². The molecule has 112 valence electrons. The number of nitro groups is 1. The van der Waals surface area contributed by atoms with E-state index >= 15 is 0 Å². The Hall–Kier alpha value is -2.64. The van der Waals surface area contributed by atoms with Crippen LogP contribution in [0.2, 0.25) is 0 Å². The van der Waals surface area contributed by atoms with E-state index in [1.165, 1.54) is 0 Å². The molecule has 2 rings (SSSR count). The number of nitrogens with one attached hydrogen (secondary N) is 1. The van der Waals surface area contributed by atoms with Crippen LogP contribution in [-0.4, -0.2) is 26.3 Å². The molecule has 1 aromatic heterocycles. The summed E-state index contributed by atoms with van der Waals surface area (Å²) in [5.41, 5.74) is 0.315. The summed E-state index contributed by atoms with van der Waals surface area (Å²) in [5.74, 6) is 0.934. The third-order valence-electron chi connectivity index (χ3n) is 2.99. The number of anilines is 1. The molecule has 0 aliphatic rings. The zero-order valence-corrected chi connectivity index (χ0v) is 12.1. The van der Waals surface area contributed by atoms with Crippen molar-refractivity contribution in [2.45, 2.75) is 19.9 Å². The Labute approximate surface area is 121 Å². The van der Waals surface area contributed by atoms with Gasteiger partial charge in [0.1, 0.15) is 12.0 Å². The summed E-state index contributed by atoms with van der Waals surface area (Å²) in [6.45, 7) is 4.01. The largest absolute Gasteiger partial charge is 0.487 e. The maximum atomic E-state index is 11.3. The summed E-state index contributed by atoms with van der Waals surface area (Å²) in [5, 5.41) is 22.2. The quantitative estimate of drug-likeness (QED) is 0.648. The molecule has 0 radical (unpaired) electrons. The van der Waals surface area contributed by atoms with Crippen molar-refractivity contribution in [1.29, 1.82) is 0 Å². The molecule has 8 heteroatoms. The summed E-state index contributed by atoms with van der Waals surface area (Å²) in [7, 11) is 1.82. The number of ether oxygens (including phenoxy) is 1. The number of nitro benzene ring substituents is 1. The number of para-hydroxylation sites is 1. The van der Waals surface area contributed by atoms with Gasteiger partial charge in [0, 0.05) is 7.05 Å². The molecule has 1 unspecified atom stereocenters. The molecule has 0 aliphatic heterocycles. The smallest absolute Gasteiger partial charge is 0.333 e. The zero-order chi connectivity index (χ0) is 15.4. The lowest BCUT2D eigenvalue weighted by molar-refractivity contribution is -0.385. The van der Waals surface area contributed by atoms with Crippen molar-refractivity contribution in [2.75, 3.05) is 11.9 Å². The van der Waals surface area contributed by atoms with Crippen molar-refractivity contribution in [3.05, 3.63) is 40.5 Å². The number of nitrogens with zero attached hydrogens (tertiary/aromatic N) is 4. The van der Waals surface area contributed by atoms with E-state index in [2.05, 4.69) is 15.5 Å². The predicted molar refractivity (Wildman–Crippen MR) is 77.3 cm³/mol. The third kappa shape index (κ3) is 3.10. The molecular weight excluding hydrogens is 274 g/mol. The maximum absolute atomic E-state index is 11.3. The normalized spacial score (nSPS) is 12.0. The lowest BCUT2D eigenvalue weighted by Gasteiger charge is -2.15. The molecule has 1 atom stereocenters. The number of hydrogen-bond donors (Lipinski definition) is 1. The van der Waals surface area contributed by atoms with Crippen LogP contribution in [0.25, 0.3) is 0 Å². The Morgan fingerprint density at radius 2 is 2.29 bits per heavy atom. The topological polar surface area (TPSA) is 95.1 Å². The minimum atomic E-state index is -0.448. The molecule has 0 bridgehead atoms. The molecule has 0 aliphatic carbocycles. The van der Waals surface area contributed by atoms with Crippen LogP contribution < -0.4 is 10.1 Å². The highest BCUT2D eigenvalue weighted by atomic mass is 16.6. The van der Waals surface area contributed by atoms with Crippen LogP contribution in [0.1, 0.15) is 25.7 Å². The Morgan fingerprint density at radius 3 is 2.86 bits per heavy atom. The third-order valence-corrected chi connectivity index (χ3v) is 2.99. The molecule has 1 N–H and O–H groups in total. The van der Waals surface area contributed by atoms with Crippen LogP contribution in [0.4, 0.5) is 11.4 Å². The van der Waals surface area contributed by atoms with Gasteiger partial charge >= 0.3 is 5.69 Å². The van der Waals surface area contributed by atoms with Gasteiger partial charge in [-0.2, -0.15) is 0 Å². The maximum Gasteiger partial charge on any atom is 0.333 e. The Kier molecular flexibility index (Phi) is 4.36. The highest BCUT2D eigenvalue weighted by Gasteiger charge is 2.23. The van der Waals surface area contributed by atoms with Crippen LogP contribution in [0.15, 0.2) is 24.5 Å². The van der Waals surface area contributed by atoms with Gasteiger partial charge < -0.3 is 14.6 Å². The molecule has 0 spiro atoms. The second-order valence-electron chi connectivity index (χ2n) is 4.51. The van der Waals surface area contributed by atoms with Gasteiger partial charge in [0.05, 0.1) is 17.6 Å². The summed E-state index contributed by atoms with van der Waals surface area (Å²) in [6.07, 6.45) is 1.58. The first-order chi connectivity index (χ1) is 10.0. The van der Waals surface area contributed by atoms with Gasteiger partial charge in [-0.25, -0.2) is 0 Å². The molecule has 0 saturated carbocycles. The minimum absolute atomic E-state index is 0.0756. The van der Waals surface area contributed by atoms with Gasteiger partial charge in [-0.1, -0.05) is 6.07 Å². The first kappa shape index (κ1) is 14.8. The number of aryl methyl sites for hydroxylation is 1. The Bertz CT molecular complexity index is 640. The molecule has 0 amide bonds. The van der Waals surface area contributed by atoms with Crippen LogP contribution in [0.5, 0.6) is 5.75 Å². The van der Waals surface area contributed by atoms with E-state index < -0.39 is 4.92 Å². The Balaban J connectivity index is 2.33. The highest BCUT2D eigenvalue weighted by molar-refractivity contribution is 5.68. The van der Waals surface area contributed by atoms with Crippen LogP contribution >= 0.6 is 0 Å². The Morgan fingerprint density at radius 1 is 1.52 bits per heavy atom. The molecule has 2 aromatic rings. The van der Waals surface area contributed by atoms with Gasteiger partial charge in [0.25, 0.3) is 0 Å². The first-order valence-corrected chi connectivity index (χ1v) is 6.55. The van der Waals surface area contributed by atoms with Crippen molar-refractivity contribution in [3.63, 3.8) is 0 Å². The fourth-order valence-corrected chi connectivity index (χ4v) is 2.08. The first-order valence-electron chi connectivity index (χ1n) is 6.55. The molecule has 8 nitrogen and oxygen atoms in total. The van der Waals surface area contributed by atoms with E-state index in [-0.39, 0.29) is 17.5 Å². The number of benzene rings is 1. The van der Waals surface area contributed by atoms with Gasteiger partial charge in [0.2, 0.25) is 0 Å². The molecule has 21 heavy (non-hydrogen) atoms. The van der Waals surface area contributed by atoms with E-state index in [9.17, 15) is 10.1 Å². The van der Waals surface area contributed by atoms with Crippen molar-refractivity contribution in [2.24, 2.45) is 7.05 Å². The number of rotatable bonds is 6. The van der Waals surface area contributed by atoms with E-state index in [0.29, 0.717) is 18.1 Å². The highest BCUT2D eigenvalue weighted by Crippen LogP contribution is 2.36. The van der Waals surface area contributed by atoms with Crippen LogP contribution in [0.3, 0.4) is 0 Å². The summed E-state index contributed by atoms with van der Waals surface area (Å²) in [4.78, 5) is 10.9. The second kappa shape index (κ2) is 6.21. The van der Waals surface area contributed by atoms with E-state index in [1.807, 2.05) is 14.0 Å². The fourth-order valence-electron chi connectivity index (χ4n) is 2.08. The lowest BCUT2D eigenvalue weighted by atomic mass is 10.2.